The van der Waals surface area contributed by atoms with E-state index in [2.05, 4.69) is 17.0 Å². The Balaban J connectivity index is 2.51. The van der Waals surface area contributed by atoms with E-state index in [1.54, 1.807) is 6.07 Å². The molecule has 6 nitrogen and oxygen atoms in total. The van der Waals surface area contributed by atoms with E-state index in [0.29, 0.717) is 35.7 Å². The highest BCUT2D eigenvalue weighted by Crippen LogP contribution is 2.37. The summed E-state index contributed by atoms with van der Waals surface area (Å²) < 4.78 is 30.6. The summed E-state index contributed by atoms with van der Waals surface area (Å²) in [4.78, 5) is 12.5. The van der Waals surface area contributed by atoms with Crippen LogP contribution < -0.4 is 10.0 Å². The first-order chi connectivity index (χ1) is 13.6. The highest BCUT2D eigenvalue weighted by Gasteiger charge is 2.17. The number of hydrogen-bond donors (Lipinski definition) is 3. The molecule has 2 rings (SSSR count). The zero-order valence-electron chi connectivity index (χ0n) is 16.4. The van der Waals surface area contributed by atoms with Gasteiger partial charge in [-0.25, -0.2) is 13.2 Å². The second kappa shape index (κ2) is 11.3. The Morgan fingerprint density at radius 3 is 2.32 bits per heavy atom. The third-order valence-corrected chi connectivity index (χ3v) is 4.65. The third-order valence-electron chi connectivity index (χ3n) is 4.23. The van der Waals surface area contributed by atoms with Crippen molar-refractivity contribution in [2.24, 2.45) is 0 Å². The van der Waals surface area contributed by atoms with Gasteiger partial charge in [0.05, 0.1) is 17.9 Å². The van der Waals surface area contributed by atoms with Crippen molar-refractivity contribution in [2.45, 2.75) is 39.5 Å². The van der Waals surface area contributed by atoms with Crippen LogP contribution in [-0.4, -0.2) is 27.5 Å². The molecule has 0 bridgehead atoms. The fourth-order valence-corrected chi connectivity index (χ4v) is 3.17. The van der Waals surface area contributed by atoms with Crippen molar-refractivity contribution in [3.63, 3.8) is 0 Å². The lowest BCUT2D eigenvalue weighted by Crippen LogP contribution is -2.11. The van der Waals surface area contributed by atoms with Gasteiger partial charge in [-0.2, -0.15) is 0 Å². The maximum Gasteiger partial charge on any atom is 0.338 e. The van der Waals surface area contributed by atoms with Crippen LogP contribution in [0, 0.1) is 0 Å². The van der Waals surface area contributed by atoms with Crippen LogP contribution in [0.5, 0.6) is 0 Å². The molecule has 28 heavy (non-hydrogen) atoms. The quantitative estimate of drug-likeness (QED) is 0.292. The fraction of sp³-hybridized carbons (Fsp3) is 0.381. The van der Waals surface area contributed by atoms with Crippen LogP contribution in [0.25, 0.3) is 11.1 Å². The van der Waals surface area contributed by atoms with Crippen molar-refractivity contribution >= 4 is 28.2 Å². The number of hydrogen-bond acceptors (Lipinski definition) is 5. The van der Waals surface area contributed by atoms with Gasteiger partial charge in [0.2, 0.25) is 10.9 Å². The van der Waals surface area contributed by atoms with Crippen molar-refractivity contribution in [1.29, 1.82) is 0 Å². The van der Waals surface area contributed by atoms with Gasteiger partial charge in [0.15, 0.2) is 0 Å². The van der Waals surface area contributed by atoms with Gasteiger partial charge < -0.3 is 10.1 Å². The van der Waals surface area contributed by atoms with E-state index in [0.717, 1.165) is 31.2 Å². The Morgan fingerprint density at radius 2 is 1.68 bits per heavy atom. The maximum atomic E-state index is 12.5. The van der Waals surface area contributed by atoms with E-state index in [4.69, 9.17) is 4.74 Å². The molecule has 0 amide bonds. The average molecular weight is 405 g/mol. The monoisotopic (exact) mass is 404 g/mol. The zero-order valence-corrected chi connectivity index (χ0v) is 17.3. The molecular formula is C21H28N2O4S. The first kappa shape index (κ1) is 21.8. The van der Waals surface area contributed by atoms with Gasteiger partial charge in [-0.05, 0) is 30.5 Å². The number of anilines is 2. The summed E-state index contributed by atoms with van der Waals surface area (Å²) >= 11 is 0. The molecular weight excluding hydrogens is 376 g/mol. The first-order valence-electron chi connectivity index (χ1n) is 9.62. The summed E-state index contributed by atoms with van der Waals surface area (Å²) in [6, 6.07) is 12.7. The van der Waals surface area contributed by atoms with Gasteiger partial charge in [0.1, 0.15) is 0 Å². The Bertz CT molecular complexity index is 843. The Morgan fingerprint density at radius 1 is 1.00 bits per heavy atom. The van der Waals surface area contributed by atoms with Crippen molar-refractivity contribution in [3.05, 3.63) is 48.0 Å². The number of thiol groups is 1. The molecule has 0 aliphatic rings. The van der Waals surface area contributed by atoms with Gasteiger partial charge in [-0.15, -0.1) is 0 Å². The summed E-state index contributed by atoms with van der Waals surface area (Å²) in [7, 11) is -2.89. The molecule has 2 aromatic carbocycles. The topological polar surface area (TPSA) is 84.5 Å². The molecule has 0 fully saturated rings. The number of carbonyl (C=O) groups is 1. The number of carbonyl (C=O) groups excluding carboxylic acids is 1. The molecule has 0 aliphatic carbocycles. The number of nitrogens with one attached hydrogen (secondary N) is 2. The Hall–Kier alpha value is -2.54. The predicted molar refractivity (Wildman–Crippen MR) is 114 cm³/mol. The van der Waals surface area contributed by atoms with Crippen LogP contribution in [0.3, 0.4) is 0 Å². The van der Waals surface area contributed by atoms with Crippen molar-refractivity contribution in [2.75, 3.05) is 23.2 Å². The normalized spacial score (nSPS) is 10.7. The van der Waals surface area contributed by atoms with E-state index in [9.17, 15) is 13.2 Å². The lowest BCUT2D eigenvalue weighted by atomic mass is 9.99. The molecule has 0 saturated heterocycles. The van der Waals surface area contributed by atoms with Gasteiger partial charge in [-0.1, -0.05) is 57.0 Å². The van der Waals surface area contributed by atoms with Crippen molar-refractivity contribution in [3.8, 4) is 11.1 Å². The van der Waals surface area contributed by atoms with E-state index >= 15 is 0 Å². The number of esters is 1. The van der Waals surface area contributed by atoms with Crippen LogP contribution in [0.1, 0.15) is 49.9 Å². The minimum Gasteiger partial charge on any atom is -0.462 e. The molecule has 0 unspecified atom stereocenters. The number of rotatable bonds is 11. The second-order valence-electron chi connectivity index (χ2n) is 6.45. The van der Waals surface area contributed by atoms with Crippen LogP contribution in [0.2, 0.25) is 0 Å². The summed E-state index contributed by atoms with van der Waals surface area (Å²) in [5, 5.41) is 3.34. The van der Waals surface area contributed by atoms with Crippen molar-refractivity contribution < 1.29 is 17.9 Å². The van der Waals surface area contributed by atoms with Crippen LogP contribution in [0.15, 0.2) is 42.5 Å². The van der Waals surface area contributed by atoms with Gasteiger partial charge in [0.25, 0.3) is 0 Å². The maximum absolute atomic E-state index is 12.5. The molecule has 0 aromatic heterocycles. The lowest BCUT2D eigenvalue weighted by Gasteiger charge is -2.18. The minimum atomic E-state index is -2.89. The number of unbranched alkanes of at least 4 members (excludes halogenated alkanes) is 2. The summed E-state index contributed by atoms with van der Waals surface area (Å²) in [6.07, 6.45) is 3.68. The van der Waals surface area contributed by atoms with Crippen LogP contribution >= 0.6 is 0 Å². The standard InChI is InChI=1S/C21H28N2O4S/c1-3-5-12-22-18-14-17(21(24)27-13-6-4-2)15-19(23-28(25)26)20(18)16-10-8-7-9-11-16/h7-11,14-15,22,28H,3-6,12-13H2,1-2H3,(H,23,25,26). The van der Waals surface area contributed by atoms with E-state index in [1.807, 2.05) is 37.3 Å². The Labute approximate surface area is 168 Å². The SMILES string of the molecule is CCCCNc1cc(C(=O)OCCCC)cc(N[SH](=O)=O)c1-c1ccccc1. The number of benzene rings is 2. The molecule has 152 valence electrons. The highest BCUT2D eigenvalue weighted by molar-refractivity contribution is 7.73. The largest absolute Gasteiger partial charge is 0.462 e. The van der Waals surface area contributed by atoms with Gasteiger partial charge in [0, 0.05) is 17.8 Å². The van der Waals surface area contributed by atoms with Crippen molar-refractivity contribution in [1.82, 2.24) is 0 Å². The minimum absolute atomic E-state index is 0.314. The average Bonchev–Trinajstić information content (AvgIpc) is 2.68. The summed E-state index contributed by atoms with van der Waals surface area (Å²) in [5.74, 6) is -0.462. The van der Waals surface area contributed by atoms with E-state index < -0.39 is 16.9 Å². The second-order valence-corrected chi connectivity index (χ2v) is 7.19. The highest BCUT2D eigenvalue weighted by atomic mass is 32.2. The molecule has 2 N–H and O–H groups in total. The Kier molecular flexibility index (Phi) is 8.81. The third kappa shape index (κ3) is 6.27. The smallest absolute Gasteiger partial charge is 0.338 e. The van der Waals surface area contributed by atoms with Crippen LogP contribution in [-0.2, 0) is 15.6 Å². The molecule has 0 spiro atoms. The summed E-state index contributed by atoms with van der Waals surface area (Å²) in [5.41, 5.74) is 2.93. The molecule has 0 saturated carbocycles. The van der Waals surface area contributed by atoms with E-state index in [-0.39, 0.29) is 0 Å². The predicted octanol–water partition coefficient (Wildman–Crippen LogP) is 4.46. The molecule has 2 aromatic rings. The van der Waals surface area contributed by atoms with Crippen LogP contribution in [0.4, 0.5) is 11.4 Å². The van der Waals surface area contributed by atoms with E-state index in [1.165, 1.54) is 6.07 Å². The lowest BCUT2D eigenvalue weighted by molar-refractivity contribution is 0.0500. The molecule has 0 radical (unpaired) electrons. The number of ether oxygens (including phenoxy) is 1. The van der Waals surface area contributed by atoms with Gasteiger partial charge >= 0.3 is 5.97 Å². The summed E-state index contributed by atoms with van der Waals surface area (Å²) in [6.45, 7) is 5.17. The molecule has 0 heterocycles. The molecule has 7 heteroatoms. The van der Waals surface area contributed by atoms with Gasteiger partial charge in [-0.3, -0.25) is 4.72 Å². The first-order valence-corrected chi connectivity index (χ1v) is 10.8. The fourth-order valence-electron chi connectivity index (χ4n) is 2.79. The molecule has 0 atom stereocenters. The zero-order chi connectivity index (χ0) is 20.4. The molecule has 0 aliphatic heterocycles.